The molecule has 4 nitrogen and oxygen atoms in total. The van der Waals surface area contributed by atoms with E-state index in [-0.39, 0.29) is 34.5 Å². The van der Waals surface area contributed by atoms with Crippen LogP contribution in [0.5, 0.6) is 0 Å². The number of Topliss-reactive ketones (excluding diaryl/α,β-unsaturated/α-hetero) is 1. The average Bonchev–Trinajstić information content (AvgIpc) is 2.58. The highest BCUT2D eigenvalue weighted by Crippen LogP contribution is 2.76. The maximum absolute atomic E-state index is 13.3. The van der Waals surface area contributed by atoms with Gasteiger partial charge in [-0.2, -0.15) is 0 Å². The van der Waals surface area contributed by atoms with Crippen LogP contribution in [0.4, 0.5) is 0 Å². The van der Waals surface area contributed by atoms with Crippen LogP contribution in [0.1, 0.15) is 51.9 Å². The Morgan fingerprint density at radius 2 is 2.00 bits per heavy atom. The zero-order chi connectivity index (χ0) is 16.5. The summed E-state index contributed by atoms with van der Waals surface area (Å²) in [5.74, 6) is 1.61. The molecule has 3 heterocycles. The molecule has 7 bridgehead atoms. The molecule has 8 rings (SSSR count). The molecule has 0 aromatic heterocycles. The van der Waals surface area contributed by atoms with Crippen LogP contribution < -0.4 is 5.32 Å². The number of fused-ring (bicyclic) bond motifs is 2. The maximum Gasteiger partial charge on any atom is 0.228 e. The summed E-state index contributed by atoms with van der Waals surface area (Å²) < 4.78 is 6.46. The summed E-state index contributed by atoms with van der Waals surface area (Å²) in [6.45, 7) is 6.31. The van der Waals surface area contributed by atoms with Crippen molar-refractivity contribution in [3.8, 4) is 0 Å². The Bertz CT molecular complexity index is 716. The first-order chi connectivity index (χ1) is 11.4. The first kappa shape index (κ1) is 14.1. The maximum atomic E-state index is 13.3. The highest BCUT2D eigenvalue weighted by atomic mass is 16.5. The van der Waals surface area contributed by atoms with E-state index in [1.165, 1.54) is 0 Å². The van der Waals surface area contributed by atoms with Crippen molar-refractivity contribution in [1.82, 2.24) is 5.32 Å². The smallest absolute Gasteiger partial charge is 0.228 e. The first-order valence-corrected chi connectivity index (χ1v) is 9.64. The van der Waals surface area contributed by atoms with Gasteiger partial charge < -0.3 is 10.1 Å². The van der Waals surface area contributed by atoms with Gasteiger partial charge in [-0.15, -0.1) is 0 Å². The van der Waals surface area contributed by atoms with Gasteiger partial charge in [-0.05, 0) is 61.9 Å². The van der Waals surface area contributed by atoms with Crippen LogP contribution in [-0.2, 0) is 14.3 Å². The number of hydrogen-bond acceptors (Lipinski definition) is 3. The van der Waals surface area contributed by atoms with Gasteiger partial charge in [-0.1, -0.05) is 19.9 Å². The van der Waals surface area contributed by atoms with Crippen LogP contribution in [0, 0.1) is 34.0 Å². The molecular formula is C20H25NO3. The van der Waals surface area contributed by atoms with Crippen molar-refractivity contribution in [2.24, 2.45) is 34.0 Å². The molecule has 0 radical (unpaired) electrons. The molecule has 24 heavy (non-hydrogen) atoms. The topological polar surface area (TPSA) is 55.4 Å². The van der Waals surface area contributed by atoms with Crippen molar-refractivity contribution >= 4 is 11.7 Å². The molecule has 3 unspecified atom stereocenters. The van der Waals surface area contributed by atoms with E-state index in [1.54, 1.807) is 0 Å². The Labute approximate surface area is 142 Å². The lowest BCUT2D eigenvalue weighted by Crippen LogP contribution is -2.82. The summed E-state index contributed by atoms with van der Waals surface area (Å²) in [6, 6.07) is 0. The fourth-order valence-corrected chi connectivity index (χ4v) is 8.22. The molecule has 1 N–H and O–H groups in total. The van der Waals surface area contributed by atoms with E-state index in [1.807, 2.05) is 0 Å². The van der Waals surface area contributed by atoms with Gasteiger partial charge in [0.25, 0.3) is 0 Å². The zero-order valence-electron chi connectivity index (χ0n) is 14.3. The molecule has 5 saturated carbocycles. The van der Waals surface area contributed by atoms with Crippen molar-refractivity contribution in [2.45, 2.75) is 64.2 Å². The zero-order valence-corrected chi connectivity index (χ0v) is 14.3. The molecular weight excluding hydrogens is 302 g/mol. The molecule has 8 atom stereocenters. The standard InChI is InChI=1S/C20H25NO3/c1-10-11-4-7-20(15(10)22)13(8-11)19-6-3-5-18(2)12(19)9-14(20)24-17(19)21-16(18)23/h11-14,17H,1,3-9H2,2H3,(H,21,23)/t11-,12?,13?,14+,17+,18+,19-,20?/m0/s1. The Kier molecular flexibility index (Phi) is 2.24. The van der Waals surface area contributed by atoms with E-state index >= 15 is 0 Å². The van der Waals surface area contributed by atoms with E-state index in [4.69, 9.17) is 4.74 Å². The van der Waals surface area contributed by atoms with Crippen molar-refractivity contribution in [2.75, 3.05) is 0 Å². The molecule has 128 valence electrons. The molecule has 4 heteroatoms. The van der Waals surface area contributed by atoms with Crippen LogP contribution >= 0.6 is 0 Å². The van der Waals surface area contributed by atoms with E-state index in [2.05, 4.69) is 18.8 Å². The number of piperidine rings is 1. The van der Waals surface area contributed by atoms with Crippen molar-refractivity contribution in [3.05, 3.63) is 12.2 Å². The molecule has 3 aliphatic heterocycles. The SMILES string of the molecule is C=C1C(=O)C23CC[C@H]1CC2[C@@]12CCC[C@@]4(C)C(=O)N[C@@H]1O[C@@H]3CC24. The Morgan fingerprint density at radius 3 is 2.83 bits per heavy atom. The number of carbonyl (C=O) groups is 2. The Morgan fingerprint density at radius 1 is 1.17 bits per heavy atom. The van der Waals surface area contributed by atoms with E-state index in [9.17, 15) is 9.59 Å². The number of hydrogen-bond donors (Lipinski definition) is 1. The summed E-state index contributed by atoms with van der Waals surface area (Å²) in [7, 11) is 0. The number of nitrogens with one attached hydrogen (secondary N) is 1. The average molecular weight is 327 g/mol. The molecule has 3 saturated heterocycles. The van der Waals surface area contributed by atoms with Gasteiger partial charge in [0, 0.05) is 5.41 Å². The van der Waals surface area contributed by atoms with Crippen LogP contribution in [0.2, 0.25) is 0 Å². The fraction of sp³-hybridized carbons (Fsp3) is 0.800. The van der Waals surface area contributed by atoms with Gasteiger partial charge >= 0.3 is 0 Å². The summed E-state index contributed by atoms with van der Waals surface area (Å²) in [6.07, 6.45) is 7.01. The predicted molar refractivity (Wildman–Crippen MR) is 86.7 cm³/mol. The number of amides is 1. The largest absolute Gasteiger partial charge is 0.354 e. The second-order valence-electron chi connectivity index (χ2n) is 9.57. The molecule has 0 aromatic carbocycles. The van der Waals surface area contributed by atoms with Crippen LogP contribution in [0.15, 0.2) is 12.2 Å². The van der Waals surface area contributed by atoms with E-state index in [0.717, 1.165) is 50.5 Å². The summed E-state index contributed by atoms with van der Waals surface area (Å²) >= 11 is 0. The second-order valence-corrected chi connectivity index (χ2v) is 9.57. The minimum absolute atomic E-state index is 0.0231. The Balaban J connectivity index is 1.58. The lowest BCUT2D eigenvalue weighted by atomic mass is 9.33. The quantitative estimate of drug-likeness (QED) is 0.696. The number of carbonyl (C=O) groups excluding carboxylic acids is 2. The molecule has 1 amide bonds. The van der Waals surface area contributed by atoms with Crippen LogP contribution in [0.25, 0.3) is 0 Å². The van der Waals surface area contributed by atoms with Gasteiger partial charge in [0.1, 0.15) is 6.23 Å². The van der Waals surface area contributed by atoms with Gasteiger partial charge in [-0.3, -0.25) is 9.59 Å². The van der Waals surface area contributed by atoms with Crippen molar-refractivity contribution in [3.63, 3.8) is 0 Å². The highest BCUT2D eigenvalue weighted by Gasteiger charge is 2.79. The first-order valence-electron chi connectivity index (χ1n) is 9.64. The number of ether oxygens (including phenoxy) is 1. The van der Waals surface area contributed by atoms with Crippen molar-refractivity contribution < 1.29 is 14.3 Å². The molecule has 2 spiro atoms. The van der Waals surface area contributed by atoms with Crippen LogP contribution in [-0.4, -0.2) is 24.0 Å². The van der Waals surface area contributed by atoms with E-state index < -0.39 is 0 Å². The van der Waals surface area contributed by atoms with Crippen molar-refractivity contribution in [1.29, 1.82) is 0 Å². The molecule has 8 fully saturated rings. The van der Waals surface area contributed by atoms with Crippen LogP contribution in [0.3, 0.4) is 0 Å². The third kappa shape index (κ3) is 1.14. The number of rotatable bonds is 0. The summed E-state index contributed by atoms with van der Waals surface area (Å²) in [4.78, 5) is 26.1. The summed E-state index contributed by atoms with van der Waals surface area (Å²) in [5.41, 5.74) is 0.233. The van der Waals surface area contributed by atoms with Gasteiger partial charge in [0.15, 0.2) is 5.78 Å². The lowest BCUT2D eigenvalue weighted by molar-refractivity contribution is -0.343. The van der Waals surface area contributed by atoms with Gasteiger partial charge in [0.05, 0.1) is 16.9 Å². The highest BCUT2D eigenvalue weighted by molar-refractivity contribution is 6.02. The number of allylic oxidation sites excluding steroid dienone is 1. The molecule has 0 aromatic rings. The minimum Gasteiger partial charge on any atom is -0.354 e. The minimum atomic E-state index is -0.334. The molecule has 8 aliphatic rings. The summed E-state index contributed by atoms with van der Waals surface area (Å²) in [5, 5.41) is 3.23. The van der Waals surface area contributed by atoms with E-state index in [0.29, 0.717) is 23.5 Å². The molecule has 5 aliphatic carbocycles. The third-order valence-corrected chi connectivity index (χ3v) is 9.22. The third-order valence-electron chi connectivity index (χ3n) is 9.22. The Hall–Kier alpha value is -1.16. The van der Waals surface area contributed by atoms with Gasteiger partial charge in [-0.25, -0.2) is 0 Å². The fourth-order valence-electron chi connectivity index (χ4n) is 8.22. The lowest BCUT2D eigenvalue weighted by Gasteiger charge is -2.76. The van der Waals surface area contributed by atoms with Gasteiger partial charge in [0.2, 0.25) is 5.91 Å². The normalized spacial score (nSPS) is 60.0. The second kappa shape index (κ2) is 3.82. The predicted octanol–water partition coefficient (Wildman–Crippen LogP) is 2.58. The number of ketones is 1. The monoisotopic (exact) mass is 327 g/mol.